The fourth-order valence-electron chi connectivity index (χ4n) is 4.36. The van der Waals surface area contributed by atoms with Crippen molar-refractivity contribution in [3.05, 3.63) is 106 Å². The van der Waals surface area contributed by atoms with Crippen LogP contribution in [0.4, 0.5) is 11.4 Å². The molecule has 0 aromatic heterocycles. The number of benzene rings is 4. The van der Waals surface area contributed by atoms with Crippen LogP contribution in [0.15, 0.2) is 66.7 Å². The van der Waals surface area contributed by atoms with Crippen molar-refractivity contribution < 1.29 is 29.4 Å². The number of nitrogens with one attached hydrogen (secondary N) is 2. The minimum atomic E-state index is -1.36. The van der Waals surface area contributed by atoms with Crippen LogP contribution in [-0.2, 0) is 6.42 Å². The summed E-state index contributed by atoms with van der Waals surface area (Å²) >= 11 is 0. The first kappa shape index (κ1) is 26.1. The Morgan fingerprint density at radius 3 is 1.53 bits per heavy atom. The lowest BCUT2D eigenvalue weighted by molar-refractivity contribution is 0.0684. The summed E-state index contributed by atoms with van der Waals surface area (Å²) in [6.45, 7) is 5.58. The molecule has 8 heteroatoms. The molecule has 0 heterocycles. The number of rotatable bonds is 7. The lowest BCUT2D eigenvalue weighted by atomic mass is 9.87. The largest absolute Gasteiger partial charge is 0.478 e. The van der Waals surface area contributed by atoms with Gasteiger partial charge in [-0.1, -0.05) is 42.3 Å². The molecule has 8 nitrogen and oxygen atoms in total. The third kappa shape index (κ3) is 5.10. The average Bonchev–Trinajstić information content (AvgIpc) is 2.89. The number of carbonyl (C=O) groups is 4. The van der Waals surface area contributed by atoms with Gasteiger partial charge in [0.15, 0.2) is 0 Å². The molecule has 2 amide bonds. The smallest absolute Gasteiger partial charge is 0.336 e. The van der Waals surface area contributed by atoms with Gasteiger partial charge in [0.05, 0.1) is 16.7 Å². The van der Waals surface area contributed by atoms with Gasteiger partial charge in [-0.2, -0.15) is 0 Å². The summed E-state index contributed by atoms with van der Waals surface area (Å²) in [4.78, 5) is 51.6. The third-order valence-electron chi connectivity index (χ3n) is 6.30. The molecule has 0 bridgehead atoms. The number of amides is 2. The highest BCUT2D eigenvalue weighted by Crippen LogP contribution is 2.34. The number of carboxylic acid groups (broad SMARTS) is 2. The number of aryl methyl sites for hydroxylation is 3. The van der Waals surface area contributed by atoms with Gasteiger partial charge in [0, 0.05) is 27.7 Å². The highest BCUT2D eigenvalue weighted by Gasteiger charge is 2.28. The van der Waals surface area contributed by atoms with E-state index in [1.165, 1.54) is 6.07 Å². The molecule has 4 rings (SSSR count). The number of aromatic carboxylic acids is 2. The number of anilines is 2. The quantitative estimate of drug-likeness (QED) is 0.244. The summed E-state index contributed by atoms with van der Waals surface area (Å²) in [5, 5.41) is 25.3. The zero-order chi connectivity index (χ0) is 27.6. The maximum absolute atomic E-state index is 13.6. The van der Waals surface area contributed by atoms with Crippen molar-refractivity contribution in [3.8, 4) is 0 Å². The first-order valence-electron chi connectivity index (χ1n) is 12.0. The van der Waals surface area contributed by atoms with Crippen molar-refractivity contribution in [3.63, 3.8) is 0 Å². The summed E-state index contributed by atoms with van der Waals surface area (Å²) in [7, 11) is 0. The molecule has 0 aliphatic rings. The second kappa shape index (κ2) is 10.6. The van der Waals surface area contributed by atoms with Crippen LogP contribution in [0.25, 0.3) is 10.8 Å². The van der Waals surface area contributed by atoms with Crippen LogP contribution in [0.2, 0.25) is 0 Å². The minimum Gasteiger partial charge on any atom is -0.478 e. The number of hydrogen-bond donors (Lipinski definition) is 4. The Hall–Kier alpha value is -4.98. The van der Waals surface area contributed by atoms with Crippen molar-refractivity contribution >= 4 is 45.9 Å². The Balaban J connectivity index is 2.00. The van der Waals surface area contributed by atoms with E-state index in [9.17, 15) is 29.4 Å². The standard InChI is InChI=1S/C30H26N2O6/c1-4-18-15-23(27(33)31-19-9-5-16(2)6-10-19)25-21(29(35)36)13-14-22(30(37)38)26(25)24(18)28(34)32-20-11-7-17(3)8-12-20/h5-15H,4H2,1-3H3,(H,31,33)(H,32,34)(H,35,36)(H,37,38). The van der Waals surface area contributed by atoms with E-state index in [4.69, 9.17) is 0 Å². The van der Waals surface area contributed by atoms with Gasteiger partial charge in [0.1, 0.15) is 0 Å². The fraction of sp³-hybridized carbons (Fsp3) is 0.133. The van der Waals surface area contributed by atoms with Crippen LogP contribution in [0.1, 0.15) is 65.0 Å². The van der Waals surface area contributed by atoms with Gasteiger partial charge in [0.25, 0.3) is 11.8 Å². The van der Waals surface area contributed by atoms with E-state index in [0.717, 1.165) is 23.3 Å². The molecular weight excluding hydrogens is 484 g/mol. The van der Waals surface area contributed by atoms with Gasteiger partial charge < -0.3 is 20.8 Å². The predicted molar refractivity (Wildman–Crippen MR) is 146 cm³/mol. The molecule has 0 aliphatic carbocycles. The summed E-state index contributed by atoms with van der Waals surface area (Å²) in [6, 6.07) is 17.9. The molecule has 0 unspecified atom stereocenters. The first-order chi connectivity index (χ1) is 18.1. The van der Waals surface area contributed by atoms with Crippen molar-refractivity contribution in [1.29, 1.82) is 0 Å². The maximum atomic E-state index is 13.6. The van der Waals surface area contributed by atoms with Crippen LogP contribution in [-0.4, -0.2) is 34.0 Å². The number of carboxylic acids is 2. The van der Waals surface area contributed by atoms with Crippen molar-refractivity contribution in [2.45, 2.75) is 27.2 Å². The lowest BCUT2D eigenvalue weighted by Gasteiger charge is -2.19. The van der Waals surface area contributed by atoms with Crippen LogP contribution in [0.5, 0.6) is 0 Å². The molecule has 192 valence electrons. The maximum Gasteiger partial charge on any atom is 0.336 e. The molecule has 0 radical (unpaired) electrons. The van der Waals surface area contributed by atoms with Gasteiger partial charge >= 0.3 is 11.9 Å². The van der Waals surface area contributed by atoms with Gasteiger partial charge in [-0.25, -0.2) is 9.59 Å². The summed E-state index contributed by atoms with van der Waals surface area (Å²) in [5.41, 5.74) is 2.77. The Labute approximate surface area is 218 Å². The lowest BCUT2D eigenvalue weighted by Crippen LogP contribution is -2.20. The molecule has 0 saturated carbocycles. The Bertz CT molecular complexity index is 1590. The van der Waals surface area contributed by atoms with Crippen molar-refractivity contribution in [2.24, 2.45) is 0 Å². The van der Waals surface area contributed by atoms with Crippen LogP contribution in [0.3, 0.4) is 0 Å². The Kier molecular flexibility index (Phi) is 7.25. The zero-order valence-electron chi connectivity index (χ0n) is 21.1. The van der Waals surface area contributed by atoms with E-state index in [-0.39, 0.29) is 39.4 Å². The molecule has 4 aromatic carbocycles. The second-order valence-electron chi connectivity index (χ2n) is 8.97. The molecule has 0 fully saturated rings. The van der Waals surface area contributed by atoms with Gasteiger partial charge in [-0.3, -0.25) is 9.59 Å². The van der Waals surface area contributed by atoms with E-state index in [2.05, 4.69) is 10.6 Å². The molecular formula is C30H26N2O6. The second-order valence-corrected chi connectivity index (χ2v) is 8.97. The molecule has 0 aliphatic heterocycles. The van der Waals surface area contributed by atoms with Gasteiger partial charge in [-0.15, -0.1) is 0 Å². The average molecular weight is 511 g/mol. The molecule has 4 aromatic rings. The van der Waals surface area contributed by atoms with Crippen LogP contribution >= 0.6 is 0 Å². The van der Waals surface area contributed by atoms with E-state index < -0.39 is 23.8 Å². The molecule has 4 N–H and O–H groups in total. The fourth-order valence-corrected chi connectivity index (χ4v) is 4.36. The van der Waals surface area contributed by atoms with E-state index in [1.54, 1.807) is 31.2 Å². The Morgan fingerprint density at radius 1 is 0.632 bits per heavy atom. The molecule has 0 saturated heterocycles. The Morgan fingerprint density at radius 2 is 1.08 bits per heavy atom. The normalized spacial score (nSPS) is 10.7. The van der Waals surface area contributed by atoms with E-state index >= 15 is 0 Å². The summed E-state index contributed by atoms with van der Waals surface area (Å²) in [5.74, 6) is -3.93. The van der Waals surface area contributed by atoms with Crippen LogP contribution in [0, 0.1) is 13.8 Å². The SMILES string of the molecule is CCc1cc(C(=O)Nc2ccc(C)cc2)c2c(C(=O)O)ccc(C(=O)O)c2c1C(=O)Nc1ccc(C)cc1. The molecule has 0 spiro atoms. The molecule has 0 atom stereocenters. The number of hydrogen-bond acceptors (Lipinski definition) is 4. The zero-order valence-corrected chi connectivity index (χ0v) is 21.1. The highest BCUT2D eigenvalue weighted by molar-refractivity contribution is 6.26. The number of fused-ring (bicyclic) bond motifs is 1. The van der Waals surface area contributed by atoms with Gasteiger partial charge in [0.2, 0.25) is 0 Å². The van der Waals surface area contributed by atoms with Crippen molar-refractivity contribution in [2.75, 3.05) is 10.6 Å². The predicted octanol–water partition coefficient (Wildman–Crippen LogP) is 5.92. The van der Waals surface area contributed by atoms with Gasteiger partial charge in [-0.05, 0) is 68.3 Å². The van der Waals surface area contributed by atoms with E-state index in [0.29, 0.717) is 16.9 Å². The topological polar surface area (TPSA) is 133 Å². The summed E-state index contributed by atoms with van der Waals surface area (Å²) < 4.78 is 0. The third-order valence-corrected chi connectivity index (χ3v) is 6.30. The van der Waals surface area contributed by atoms with Crippen LogP contribution < -0.4 is 10.6 Å². The first-order valence-corrected chi connectivity index (χ1v) is 12.0. The highest BCUT2D eigenvalue weighted by atomic mass is 16.4. The summed E-state index contributed by atoms with van der Waals surface area (Å²) in [6.07, 6.45) is 0.285. The minimum absolute atomic E-state index is 0.00969. The monoisotopic (exact) mass is 510 g/mol. The van der Waals surface area contributed by atoms with E-state index in [1.807, 2.05) is 38.1 Å². The number of carbonyl (C=O) groups excluding carboxylic acids is 2. The van der Waals surface area contributed by atoms with Crippen molar-refractivity contribution in [1.82, 2.24) is 0 Å². The molecule has 38 heavy (non-hydrogen) atoms.